The Morgan fingerprint density at radius 2 is 2.15 bits per heavy atom. The lowest BCUT2D eigenvalue weighted by molar-refractivity contribution is 0.432. The summed E-state index contributed by atoms with van der Waals surface area (Å²) in [7, 11) is 0. The maximum absolute atomic E-state index is 5.23. The van der Waals surface area contributed by atoms with Crippen molar-refractivity contribution >= 4 is 0 Å². The smallest absolute Gasteiger partial charge is 0.0575 e. The molecule has 1 saturated carbocycles. The van der Waals surface area contributed by atoms with E-state index in [1.54, 1.807) is 0 Å². The topological polar surface area (TPSA) is 12.0 Å². The summed E-state index contributed by atoms with van der Waals surface area (Å²) in [6, 6.07) is 0.688. The van der Waals surface area contributed by atoms with Crippen LogP contribution >= 0.6 is 0 Å². The Morgan fingerprint density at radius 1 is 1.31 bits per heavy atom. The minimum atomic E-state index is 0.688. The van der Waals surface area contributed by atoms with Crippen LogP contribution in [0.15, 0.2) is 0 Å². The first-order valence-corrected chi connectivity index (χ1v) is 5.53. The summed E-state index contributed by atoms with van der Waals surface area (Å²) in [5.41, 5.74) is 0. The van der Waals surface area contributed by atoms with Crippen LogP contribution in [-0.2, 0) is 0 Å². The summed E-state index contributed by atoms with van der Waals surface area (Å²) < 4.78 is 0. The lowest BCUT2D eigenvalue weighted by Gasteiger charge is -2.14. The third-order valence-electron chi connectivity index (χ3n) is 3.16. The Kier molecular flexibility index (Phi) is 4.93. The molecule has 1 aliphatic rings. The molecule has 0 heterocycles. The van der Waals surface area contributed by atoms with Crippen LogP contribution in [0.5, 0.6) is 0 Å². The zero-order valence-electron chi connectivity index (χ0n) is 8.68. The van der Waals surface area contributed by atoms with Crippen molar-refractivity contribution in [2.75, 3.05) is 6.54 Å². The molecule has 0 aromatic rings. The van der Waals surface area contributed by atoms with Crippen LogP contribution in [0.25, 0.3) is 0 Å². The van der Waals surface area contributed by atoms with Crippen molar-refractivity contribution in [3.63, 3.8) is 0 Å². The average molecular weight is 179 g/mol. The molecular weight excluding hydrogens is 158 g/mol. The maximum atomic E-state index is 5.23. The van der Waals surface area contributed by atoms with Crippen molar-refractivity contribution < 1.29 is 0 Å². The summed E-state index contributed by atoms with van der Waals surface area (Å²) in [5.74, 6) is 3.62. The number of hydrogen-bond acceptors (Lipinski definition) is 1. The third kappa shape index (κ3) is 3.83. The van der Waals surface area contributed by atoms with Crippen molar-refractivity contribution in [3.8, 4) is 12.3 Å². The van der Waals surface area contributed by atoms with Gasteiger partial charge < -0.3 is 5.32 Å². The highest BCUT2D eigenvalue weighted by Crippen LogP contribution is 2.25. The fourth-order valence-corrected chi connectivity index (χ4v) is 2.19. The SMILES string of the molecule is C#CCNC1CCCC(CC)CC1. The maximum Gasteiger partial charge on any atom is 0.0575 e. The molecular formula is C12H21N. The fourth-order valence-electron chi connectivity index (χ4n) is 2.19. The molecule has 2 unspecified atom stereocenters. The zero-order chi connectivity index (χ0) is 9.52. The van der Waals surface area contributed by atoms with E-state index in [1.807, 2.05) is 0 Å². The number of terminal acetylenes is 1. The van der Waals surface area contributed by atoms with E-state index in [0.717, 1.165) is 12.5 Å². The molecule has 1 aliphatic carbocycles. The third-order valence-corrected chi connectivity index (χ3v) is 3.16. The van der Waals surface area contributed by atoms with E-state index in [4.69, 9.17) is 6.42 Å². The highest BCUT2D eigenvalue weighted by atomic mass is 14.9. The molecule has 2 atom stereocenters. The molecule has 74 valence electrons. The van der Waals surface area contributed by atoms with Crippen molar-refractivity contribution in [3.05, 3.63) is 0 Å². The van der Waals surface area contributed by atoms with Gasteiger partial charge in [0.1, 0.15) is 0 Å². The molecule has 1 N–H and O–H groups in total. The van der Waals surface area contributed by atoms with Gasteiger partial charge in [-0.3, -0.25) is 0 Å². The van der Waals surface area contributed by atoms with Gasteiger partial charge in [-0.2, -0.15) is 0 Å². The monoisotopic (exact) mass is 179 g/mol. The molecule has 0 spiro atoms. The second kappa shape index (κ2) is 6.05. The van der Waals surface area contributed by atoms with Gasteiger partial charge in [-0.05, 0) is 25.2 Å². The highest BCUT2D eigenvalue weighted by molar-refractivity contribution is 4.88. The predicted octanol–water partition coefficient (Wildman–Crippen LogP) is 2.57. The molecule has 1 heteroatoms. The predicted molar refractivity (Wildman–Crippen MR) is 57.5 cm³/mol. The summed E-state index contributed by atoms with van der Waals surface area (Å²) in [6.07, 6.45) is 13.4. The van der Waals surface area contributed by atoms with Gasteiger partial charge >= 0.3 is 0 Å². The molecule has 0 saturated heterocycles. The minimum absolute atomic E-state index is 0.688. The van der Waals surface area contributed by atoms with Crippen molar-refractivity contribution in [2.45, 2.75) is 51.5 Å². The van der Waals surface area contributed by atoms with Gasteiger partial charge in [0.05, 0.1) is 6.54 Å². The van der Waals surface area contributed by atoms with Crippen LogP contribution in [-0.4, -0.2) is 12.6 Å². The number of hydrogen-bond donors (Lipinski definition) is 1. The summed E-state index contributed by atoms with van der Waals surface area (Å²) in [5, 5.41) is 3.42. The van der Waals surface area contributed by atoms with Gasteiger partial charge in [0.2, 0.25) is 0 Å². The normalized spacial score (nSPS) is 29.2. The van der Waals surface area contributed by atoms with Crippen LogP contribution in [0.4, 0.5) is 0 Å². The van der Waals surface area contributed by atoms with Crippen LogP contribution in [0.1, 0.15) is 45.4 Å². The quantitative estimate of drug-likeness (QED) is 0.518. The Labute approximate surface area is 82.3 Å². The molecule has 0 amide bonds. The zero-order valence-corrected chi connectivity index (χ0v) is 8.68. The van der Waals surface area contributed by atoms with Gasteiger partial charge in [0.15, 0.2) is 0 Å². The van der Waals surface area contributed by atoms with Crippen LogP contribution < -0.4 is 5.32 Å². The molecule has 0 aromatic carbocycles. The van der Waals surface area contributed by atoms with Crippen LogP contribution in [0, 0.1) is 18.3 Å². The van der Waals surface area contributed by atoms with Gasteiger partial charge in [-0.25, -0.2) is 0 Å². The van der Waals surface area contributed by atoms with Crippen molar-refractivity contribution in [1.29, 1.82) is 0 Å². The molecule has 1 nitrogen and oxygen atoms in total. The molecule has 0 aromatic heterocycles. The fraction of sp³-hybridized carbons (Fsp3) is 0.833. The lowest BCUT2D eigenvalue weighted by atomic mass is 9.98. The summed E-state index contributed by atoms with van der Waals surface area (Å²) >= 11 is 0. The first-order valence-electron chi connectivity index (χ1n) is 5.53. The van der Waals surface area contributed by atoms with Crippen LogP contribution in [0.2, 0.25) is 0 Å². The number of rotatable bonds is 3. The van der Waals surface area contributed by atoms with Gasteiger partial charge in [-0.1, -0.05) is 32.1 Å². The van der Waals surface area contributed by atoms with Crippen LogP contribution in [0.3, 0.4) is 0 Å². The summed E-state index contributed by atoms with van der Waals surface area (Å²) in [4.78, 5) is 0. The Balaban J connectivity index is 2.24. The second-order valence-electron chi connectivity index (χ2n) is 4.06. The van der Waals surface area contributed by atoms with E-state index < -0.39 is 0 Å². The lowest BCUT2D eigenvalue weighted by Crippen LogP contribution is -2.28. The minimum Gasteiger partial charge on any atom is -0.303 e. The molecule has 1 rings (SSSR count). The van der Waals surface area contributed by atoms with E-state index >= 15 is 0 Å². The summed E-state index contributed by atoms with van der Waals surface area (Å²) in [6.45, 7) is 3.04. The molecule has 13 heavy (non-hydrogen) atoms. The molecule has 0 bridgehead atoms. The average Bonchev–Trinajstić information content (AvgIpc) is 2.39. The van der Waals surface area contributed by atoms with E-state index in [-0.39, 0.29) is 0 Å². The molecule has 1 fully saturated rings. The van der Waals surface area contributed by atoms with Crippen molar-refractivity contribution in [1.82, 2.24) is 5.32 Å². The van der Waals surface area contributed by atoms with Crippen molar-refractivity contribution in [2.24, 2.45) is 5.92 Å². The first kappa shape index (κ1) is 10.6. The first-order chi connectivity index (χ1) is 6.36. The molecule has 0 aliphatic heterocycles. The standard InChI is InChI=1S/C12H21N/c1-3-10-13-12-7-5-6-11(4-2)8-9-12/h1,11-13H,4-10H2,2H3. The van der Waals surface area contributed by atoms with Gasteiger partial charge in [0, 0.05) is 6.04 Å². The number of nitrogens with one attached hydrogen (secondary N) is 1. The van der Waals surface area contributed by atoms with E-state index in [2.05, 4.69) is 18.2 Å². The Morgan fingerprint density at radius 3 is 2.85 bits per heavy atom. The Hall–Kier alpha value is -0.480. The Bertz CT molecular complexity index is 168. The van der Waals surface area contributed by atoms with E-state index in [9.17, 15) is 0 Å². The van der Waals surface area contributed by atoms with E-state index in [0.29, 0.717) is 6.04 Å². The van der Waals surface area contributed by atoms with E-state index in [1.165, 1.54) is 38.5 Å². The second-order valence-corrected chi connectivity index (χ2v) is 4.06. The molecule has 0 radical (unpaired) electrons. The van der Waals surface area contributed by atoms with Gasteiger partial charge in [-0.15, -0.1) is 6.42 Å². The largest absolute Gasteiger partial charge is 0.303 e. The van der Waals surface area contributed by atoms with Gasteiger partial charge in [0.25, 0.3) is 0 Å². The highest BCUT2D eigenvalue weighted by Gasteiger charge is 2.16.